The molecule has 3 N–H and O–H groups in total. The summed E-state index contributed by atoms with van der Waals surface area (Å²) in [6.07, 6.45) is 2.88. The molecule has 1 aromatic carbocycles. The van der Waals surface area contributed by atoms with Crippen LogP contribution in [0.1, 0.15) is 45.6 Å². The van der Waals surface area contributed by atoms with Crippen molar-refractivity contribution in [3.05, 3.63) is 29.8 Å². The molecule has 0 aliphatic heterocycles. The first-order chi connectivity index (χ1) is 11.6. The number of rotatable bonds is 10. The summed E-state index contributed by atoms with van der Waals surface area (Å²) >= 11 is 0. The molecule has 5 nitrogen and oxygen atoms in total. The summed E-state index contributed by atoms with van der Waals surface area (Å²) in [6, 6.07) is 7.96. The molecule has 0 bridgehead atoms. The van der Waals surface area contributed by atoms with E-state index in [1.54, 1.807) is 7.11 Å². The number of hydrogen-bond acceptors (Lipinski definition) is 3. The molecule has 0 fully saturated rings. The maximum Gasteiger partial charge on any atom is 0.191 e. The molecule has 6 heteroatoms. The summed E-state index contributed by atoms with van der Waals surface area (Å²) in [6.45, 7) is 8.87. The van der Waals surface area contributed by atoms with E-state index >= 15 is 0 Å². The first-order valence-electron chi connectivity index (χ1n) is 8.89. The maximum atomic E-state index is 9.35. The van der Waals surface area contributed by atoms with Crippen LogP contribution in [0.15, 0.2) is 29.3 Å². The molecule has 0 heterocycles. The Morgan fingerprint density at radius 1 is 1.20 bits per heavy atom. The predicted octanol–water partition coefficient (Wildman–Crippen LogP) is 3.56. The summed E-state index contributed by atoms with van der Waals surface area (Å²) in [5, 5.41) is 16.1. The Morgan fingerprint density at radius 2 is 1.92 bits per heavy atom. The molecule has 0 saturated heterocycles. The zero-order chi connectivity index (χ0) is 17.8. The minimum absolute atomic E-state index is 0. The van der Waals surface area contributed by atoms with Crippen LogP contribution in [-0.2, 0) is 6.54 Å². The Bertz CT molecular complexity index is 505. The van der Waals surface area contributed by atoms with E-state index in [9.17, 15) is 5.11 Å². The van der Waals surface area contributed by atoms with Crippen LogP contribution in [-0.4, -0.2) is 37.9 Å². The number of nitrogens with zero attached hydrogens (tertiary/aromatic N) is 1. The summed E-state index contributed by atoms with van der Waals surface area (Å²) in [7, 11) is 1.67. The van der Waals surface area contributed by atoms with Crippen LogP contribution < -0.4 is 15.4 Å². The Labute approximate surface area is 169 Å². The molecular weight excluding hydrogens is 429 g/mol. The third kappa shape index (κ3) is 8.27. The SMILES string of the molecule is CCNC(=NCc1cccc(OC)c1)NCC(CC)(CC)CCO.I. The molecule has 0 radical (unpaired) electrons. The fourth-order valence-electron chi connectivity index (χ4n) is 2.73. The molecule has 0 atom stereocenters. The third-order valence-corrected chi connectivity index (χ3v) is 4.67. The molecular formula is C19H34IN3O2. The highest BCUT2D eigenvalue weighted by Gasteiger charge is 2.25. The fraction of sp³-hybridized carbons (Fsp3) is 0.632. The van der Waals surface area contributed by atoms with E-state index in [1.807, 2.05) is 24.3 Å². The largest absolute Gasteiger partial charge is 0.497 e. The van der Waals surface area contributed by atoms with Gasteiger partial charge in [-0.25, -0.2) is 4.99 Å². The Balaban J connectivity index is 0.00000576. The van der Waals surface area contributed by atoms with E-state index in [-0.39, 0.29) is 36.0 Å². The van der Waals surface area contributed by atoms with Crippen molar-refractivity contribution in [3.8, 4) is 5.75 Å². The van der Waals surface area contributed by atoms with E-state index in [4.69, 9.17) is 4.74 Å². The van der Waals surface area contributed by atoms with Crippen molar-refractivity contribution in [1.29, 1.82) is 0 Å². The predicted molar refractivity (Wildman–Crippen MR) is 116 cm³/mol. The van der Waals surface area contributed by atoms with E-state index in [0.717, 1.165) is 49.6 Å². The minimum atomic E-state index is 0. The van der Waals surface area contributed by atoms with E-state index in [0.29, 0.717) is 6.54 Å². The van der Waals surface area contributed by atoms with Crippen LogP contribution in [0, 0.1) is 5.41 Å². The third-order valence-electron chi connectivity index (χ3n) is 4.67. The molecule has 0 aliphatic rings. The Hall–Kier alpha value is -1.02. The first-order valence-corrected chi connectivity index (χ1v) is 8.89. The monoisotopic (exact) mass is 463 g/mol. The van der Waals surface area contributed by atoms with Gasteiger partial charge in [0.25, 0.3) is 0 Å². The number of aliphatic imine (C=N–C) groups is 1. The molecule has 25 heavy (non-hydrogen) atoms. The molecule has 0 spiro atoms. The summed E-state index contributed by atoms with van der Waals surface area (Å²) < 4.78 is 5.25. The van der Waals surface area contributed by atoms with Gasteiger partial charge < -0.3 is 20.5 Å². The number of ether oxygens (including phenoxy) is 1. The number of methoxy groups -OCH3 is 1. The second-order valence-electron chi connectivity index (χ2n) is 6.08. The van der Waals surface area contributed by atoms with Crippen LogP contribution in [0.3, 0.4) is 0 Å². The van der Waals surface area contributed by atoms with Gasteiger partial charge in [0, 0.05) is 19.7 Å². The van der Waals surface area contributed by atoms with Gasteiger partial charge in [-0.2, -0.15) is 0 Å². The summed E-state index contributed by atoms with van der Waals surface area (Å²) in [4.78, 5) is 4.67. The van der Waals surface area contributed by atoms with Gasteiger partial charge in [0.15, 0.2) is 5.96 Å². The lowest BCUT2D eigenvalue weighted by atomic mass is 9.79. The van der Waals surface area contributed by atoms with Gasteiger partial charge in [-0.3, -0.25) is 0 Å². The maximum absolute atomic E-state index is 9.35. The zero-order valence-electron chi connectivity index (χ0n) is 16.0. The lowest BCUT2D eigenvalue weighted by molar-refractivity contribution is 0.169. The highest BCUT2D eigenvalue weighted by Crippen LogP contribution is 2.29. The standard InChI is InChI=1S/C19H33N3O2.HI/c1-5-19(6-2,11-12-23)15-22-18(20-7-3)21-14-16-9-8-10-17(13-16)24-4;/h8-10,13,23H,5-7,11-12,14-15H2,1-4H3,(H2,20,21,22);1H. The number of benzene rings is 1. The lowest BCUT2D eigenvalue weighted by Gasteiger charge is -2.32. The lowest BCUT2D eigenvalue weighted by Crippen LogP contribution is -2.43. The molecule has 0 unspecified atom stereocenters. The number of aliphatic hydroxyl groups excluding tert-OH is 1. The van der Waals surface area contributed by atoms with Crippen LogP contribution in [0.5, 0.6) is 5.75 Å². The number of nitrogens with one attached hydrogen (secondary N) is 2. The Morgan fingerprint density at radius 3 is 2.48 bits per heavy atom. The van der Waals surface area contributed by atoms with Crippen molar-refractivity contribution in [3.63, 3.8) is 0 Å². The number of halogens is 1. The second-order valence-corrected chi connectivity index (χ2v) is 6.08. The van der Waals surface area contributed by atoms with Gasteiger partial charge in [-0.1, -0.05) is 26.0 Å². The van der Waals surface area contributed by atoms with Crippen molar-refractivity contribution >= 4 is 29.9 Å². The van der Waals surface area contributed by atoms with E-state index in [2.05, 4.69) is 36.4 Å². The Kier molecular flexibility index (Phi) is 12.7. The molecule has 1 aromatic rings. The fourth-order valence-corrected chi connectivity index (χ4v) is 2.73. The van der Waals surface area contributed by atoms with E-state index in [1.165, 1.54) is 0 Å². The first kappa shape index (κ1) is 24.0. The van der Waals surface area contributed by atoms with Gasteiger partial charge in [0.2, 0.25) is 0 Å². The van der Waals surface area contributed by atoms with Crippen molar-refractivity contribution in [2.45, 2.75) is 46.6 Å². The van der Waals surface area contributed by atoms with Gasteiger partial charge in [-0.05, 0) is 49.3 Å². The van der Waals surface area contributed by atoms with Crippen LogP contribution in [0.2, 0.25) is 0 Å². The topological polar surface area (TPSA) is 65.9 Å². The van der Waals surface area contributed by atoms with Gasteiger partial charge in [-0.15, -0.1) is 24.0 Å². The minimum Gasteiger partial charge on any atom is -0.497 e. The number of hydrogen-bond donors (Lipinski definition) is 3. The van der Waals surface area contributed by atoms with Crippen LogP contribution >= 0.6 is 24.0 Å². The van der Waals surface area contributed by atoms with Crippen molar-refractivity contribution < 1.29 is 9.84 Å². The quantitative estimate of drug-likeness (QED) is 0.282. The highest BCUT2D eigenvalue weighted by molar-refractivity contribution is 14.0. The smallest absolute Gasteiger partial charge is 0.191 e. The molecule has 0 amide bonds. The van der Waals surface area contributed by atoms with E-state index < -0.39 is 0 Å². The average Bonchev–Trinajstić information content (AvgIpc) is 2.63. The highest BCUT2D eigenvalue weighted by atomic mass is 127. The van der Waals surface area contributed by atoms with Crippen LogP contribution in [0.25, 0.3) is 0 Å². The van der Waals surface area contributed by atoms with Gasteiger partial charge in [0.1, 0.15) is 5.75 Å². The second kappa shape index (κ2) is 13.2. The number of aliphatic hydroxyl groups is 1. The van der Waals surface area contributed by atoms with Gasteiger partial charge in [0.05, 0.1) is 13.7 Å². The zero-order valence-corrected chi connectivity index (χ0v) is 18.3. The van der Waals surface area contributed by atoms with Gasteiger partial charge >= 0.3 is 0 Å². The van der Waals surface area contributed by atoms with Crippen molar-refractivity contribution in [2.75, 3.05) is 26.8 Å². The van der Waals surface area contributed by atoms with Crippen LogP contribution in [0.4, 0.5) is 0 Å². The number of guanidine groups is 1. The summed E-state index contributed by atoms with van der Waals surface area (Å²) in [5.74, 6) is 1.66. The molecule has 0 aromatic heterocycles. The molecule has 144 valence electrons. The molecule has 0 saturated carbocycles. The van der Waals surface area contributed by atoms with Crippen molar-refractivity contribution in [1.82, 2.24) is 10.6 Å². The summed E-state index contributed by atoms with van der Waals surface area (Å²) in [5.41, 5.74) is 1.22. The molecule has 0 aliphatic carbocycles. The molecule has 1 rings (SSSR count). The average molecular weight is 463 g/mol. The normalized spacial score (nSPS) is 11.6. The van der Waals surface area contributed by atoms with Crippen molar-refractivity contribution in [2.24, 2.45) is 10.4 Å².